The molecular weight excluding hydrogens is 358 g/mol. The predicted molar refractivity (Wildman–Crippen MR) is 84.6 cm³/mol. The Balaban J connectivity index is 3.12. The summed E-state index contributed by atoms with van der Waals surface area (Å²) >= 11 is 3.22. The molecule has 1 rings (SSSR count). The number of carbonyl (C=O) groups is 1. The van der Waals surface area contributed by atoms with Crippen molar-refractivity contribution in [3.8, 4) is 5.75 Å². The standard InChI is InChI=1S/C15H15BrF2N2O2/c1-8(16)6-12(14(19)20)9(2)13(21)10-4-3-5-11(7-10)22-15(17)18/h3-7,15H,2,19-20H2,1H3/b8-6+. The Labute approximate surface area is 135 Å². The van der Waals surface area contributed by atoms with Crippen LogP contribution in [-0.4, -0.2) is 12.4 Å². The largest absolute Gasteiger partial charge is 0.435 e. The first kappa shape index (κ1) is 17.9. The van der Waals surface area contributed by atoms with E-state index in [1.54, 1.807) is 13.0 Å². The molecule has 0 bridgehead atoms. The van der Waals surface area contributed by atoms with Gasteiger partial charge >= 0.3 is 6.61 Å². The van der Waals surface area contributed by atoms with Crippen LogP contribution in [0.25, 0.3) is 0 Å². The minimum atomic E-state index is -2.97. The first-order chi connectivity index (χ1) is 10.2. The summed E-state index contributed by atoms with van der Waals surface area (Å²) in [5.41, 5.74) is 11.6. The lowest BCUT2D eigenvalue weighted by atomic mass is 9.97. The van der Waals surface area contributed by atoms with Crippen LogP contribution >= 0.6 is 15.9 Å². The maximum atomic E-state index is 12.4. The number of Topliss-reactive ketones (excluding diaryl/α,β-unsaturated/α-hetero) is 1. The topological polar surface area (TPSA) is 78.3 Å². The molecule has 7 heteroatoms. The molecule has 4 N–H and O–H groups in total. The summed E-state index contributed by atoms with van der Waals surface area (Å²) in [6, 6.07) is 5.41. The number of carbonyl (C=O) groups excluding carboxylic acids is 1. The van der Waals surface area contributed by atoms with Crippen LogP contribution in [0.15, 0.2) is 58.4 Å². The lowest BCUT2D eigenvalue weighted by Crippen LogP contribution is -2.15. The molecule has 0 atom stereocenters. The molecule has 0 fully saturated rings. The van der Waals surface area contributed by atoms with Crippen LogP contribution < -0.4 is 16.2 Å². The smallest absolute Gasteiger partial charge is 0.387 e. The van der Waals surface area contributed by atoms with Gasteiger partial charge in [-0.25, -0.2) is 0 Å². The monoisotopic (exact) mass is 372 g/mol. The lowest BCUT2D eigenvalue weighted by Gasteiger charge is -2.10. The van der Waals surface area contributed by atoms with E-state index in [1.807, 2.05) is 0 Å². The number of hydrogen-bond acceptors (Lipinski definition) is 4. The highest BCUT2D eigenvalue weighted by Gasteiger charge is 2.16. The number of hydrogen-bond donors (Lipinski definition) is 2. The molecule has 1 aromatic carbocycles. The van der Waals surface area contributed by atoms with Crippen LogP contribution in [0.3, 0.4) is 0 Å². The number of allylic oxidation sites excluding steroid dienone is 4. The first-order valence-electron chi connectivity index (χ1n) is 6.10. The zero-order chi connectivity index (χ0) is 16.9. The number of ketones is 1. The van der Waals surface area contributed by atoms with Gasteiger partial charge in [0.05, 0.1) is 0 Å². The van der Waals surface area contributed by atoms with Gasteiger partial charge in [-0.3, -0.25) is 4.79 Å². The fraction of sp³-hybridized carbons (Fsp3) is 0.133. The van der Waals surface area contributed by atoms with Crippen molar-refractivity contribution in [2.24, 2.45) is 11.5 Å². The van der Waals surface area contributed by atoms with Gasteiger partial charge in [0.2, 0.25) is 0 Å². The van der Waals surface area contributed by atoms with Crippen molar-refractivity contribution in [2.75, 3.05) is 0 Å². The SMILES string of the molecule is C=C(C(=O)c1cccc(OC(F)F)c1)C(/C=C(\C)Br)=C(N)N. The summed E-state index contributed by atoms with van der Waals surface area (Å²) < 4.78 is 29.4. The van der Waals surface area contributed by atoms with Crippen molar-refractivity contribution >= 4 is 21.7 Å². The van der Waals surface area contributed by atoms with E-state index in [0.717, 1.165) is 0 Å². The fourth-order valence-electron chi connectivity index (χ4n) is 1.65. The maximum Gasteiger partial charge on any atom is 0.387 e. The molecule has 0 aliphatic heterocycles. The number of alkyl halides is 2. The fourth-order valence-corrected chi connectivity index (χ4v) is 1.88. The third-order valence-electron chi connectivity index (χ3n) is 2.57. The van der Waals surface area contributed by atoms with E-state index in [2.05, 4.69) is 27.2 Å². The van der Waals surface area contributed by atoms with Crippen molar-refractivity contribution in [3.63, 3.8) is 0 Å². The van der Waals surface area contributed by atoms with E-state index >= 15 is 0 Å². The number of rotatable bonds is 6. The Morgan fingerprint density at radius 1 is 1.41 bits per heavy atom. The van der Waals surface area contributed by atoms with Gasteiger partial charge in [0.25, 0.3) is 0 Å². The van der Waals surface area contributed by atoms with E-state index in [1.165, 1.54) is 24.3 Å². The molecule has 22 heavy (non-hydrogen) atoms. The van der Waals surface area contributed by atoms with Crippen molar-refractivity contribution in [2.45, 2.75) is 13.5 Å². The van der Waals surface area contributed by atoms with E-state index in [-0.39, 0.29) is 28.3 Å². The van der Waals surface area contributed by atoms with Crippen molar-refractivity contribution in [3.05, 3.63) is 63.9 Å². The van der Waals surface area contributed by atoms with Crippen LogP contribution in [0.5, 0.6) is 5.75 Å². The molecule has 118 valence electrons. The summed E-state index contributed by atoms with van der Waals surface area (Å²) in [6.45, 7) is 2.44. The molecule has 0 radical (unpaired) electrons. The number of halogens is 3. The van der Waals surface area contributed by atoms with E-state index in [9.17, 15) is 13.6 Å². The van der Waals surface area contributed by atoms with E-state index in [0.29, 0.717) is 4.48 Å². The highest BCUT2D eigenvalue weighted by Crippen LogP contribution is 2.22. The Bertz CT molecular complexity index is 647. The third-order valence-corrected chi connectivity index (χ3v) is 2.80. The molecule has 0 spiro atoms. The minimum Gasteiger partial charge on any atom is -0.435 e. The number of nitrogens with two attached hydrogens (primary N) is 2. The zero-order valence-corrected chi connectivity index (χ0v) is 13.4. The lowest BCUT2D eigenvalue weighted by molar-refractivity contribution is -0.0498. The second kappa shape index (κ2) is 7.74. The molecule has 0 aromatic heterocycles. The Morgan fingerprint density at radius 3 is 2.55 bits per heavy atom. The van der Waals surface area contributed by atoms with Gasteiger partial charge in [0.1, 0.15) is 11.6 Å². The number of benzene rings is 1. The maximum absolute atomic E-state index is 12.4. The molecule has 1 aromatic rings. The third kappa shape index (κ3) is 5.00. The Hall–Kier alpha value is -2.15. The Kier molecular flexibility index (Phi) is 6.30. The van der Waals surface area contributed by atoms with Crippen LogP contribution in [0, 0.1) is 0 Å². The summed E-state index contributed by atoms with van der Waals surface area (Å²) in [5.74, 6) is -0.683. The van der Waals surface area contributed by atoms with Crippen molar-refractivity contribution in [1.29, 1.82) is 0 Å². The molecule has 0 unspecified atom stereocenters. The van der Waals surface area contributed by atoms with E-state index in [4.69, 9.17) is 11.5 Å². The average Bonchev–Trinajstić information content (AvgIpc) is 2.42. The minimum absolute atomic E-state index is 0.0491. The zero-order valence-electron chi connectivity index (χ0n) is 11.8. The summed E-state index contributed by atoms with van der Waals surface area (Å²) in [5, 5.41) is 0. The van der Waals surface area contributed by atoms with Crippen molar-refractivity contribution in [1.82, 2.24) is 0 Å². The normalized spacial score (nSPS) is 11.2. The van der Waals surface area contributed by atoms with Gasteiger partial charge in [0.15, 0.2) is 5.78 Å². The van der Waals surface area contributed by atoms with Crippen LogP contribution in [-0.2, 0) is 0 Å². The molecule has 0 aliphatic rings. The highest BCUT2D eigenvalue weighted by atomic mass is 79.9. The molecule has 0 saturated heterocycles. The van der Waals surface area contributed by atoms with E-state index < -0.39 is 12.4 Å². The van der Waals surface area contributed by atoms with Crippen LogP contribution in [0.4, 0.5) is 8.78 Å². The predicted octanol–water partition coefficient (Wildman–Crippen LogP) is 3.45. The summed E-state index contributed by atoms with van der Waals surface area (Å²) in [6.07, 6.45) is 1.55. The first-order valence-corrected chi connectivity index (χ1v) is 6.89. The van der Waals surface area contributed by atoms with Gasteiger partial charge in [0, 0.05) is 16.7 Å². The second-order valence-electron chi connectivity index (χ2n) is 4.31. The van der Waals surface area contributed by atoms with Gasteiger partial charge in [-0.05, 0) is 29.6 Å². The van der Waals surface area contributed by atoms with Gasteiger partial charge in [-0.15, -0.1) is 0 Å². The molecule has 0 saturated carbocycles. The average molecular weight is 373 g/mol. The molecular formula is C15H15BrF2N2O2. The molecule has 0 amide bonds. The quantitative estimate of drug-likeness (QED) is 0.455. The number of ether oxygens (including phenoxy) is 1. The molecule has 0 heterocycles. The van der Waals surface area contributed by atoms with Crippen LogP contribution in [0.2, 0.25) is 0 Å². The highest BCUT2D eigenvalue weighted by molar-refractivity contribution is 9.11. The van der Waals surface area contributed by atoms with Gasteiger partial charge in [-0.2, -0.15) is 8.78 Å². The van der Waals surface area contributed by atoms with Gasteiger partial charge in [-0.1, -0.05) is 34.6 Å². The van der Waals surface area contributed by atoms with Gasteiger partial charge < -0.3 is 16.2 Å². The van der Waals surface area contributed by atoms with Crippen molar-refractivity contribution < 1.29 is 18.3 Å². The molecule has 0 aliphatic carbocycles. The second-order valence-corrected chi connectivity index (χ2v) is 5.56. The molecule has 4 nitrogen and oxygen atoms in total. The summed E-state index contributed by atoms with van der Waals surface area (Å²) in [4.78, 5) is 12.4. The van der Waals surface area contributed by atoms with Crippen LogP contribution in [0.1, 0.15) is 17.3 Å². The Morgan fingerprint density at radius 2 is 2.05 bits per heavy atom. The summed E-state index contributed by atoms with van der Waals surface area (Å²) in [7, 11) is 0.